The van der Waals surface area contributed by atoms with E-state index in [4.69, 9.17) is 0 Å². The first-order valence-corrected chi connectivity index (χ1v) is 5.43. The maximum absolute atomic E-state index is 9.59. The fraction of sp³-hybridized carbons (Fsp3) is 0.462. The molecule has 1 aromatic rings. The van der Waals surface area contributed by atoms with Crippen molar-refractivity contribution in [2.24, 2.45) is 0 Å². The van der Waals surface area contributed by atoms with Crippen LogP contribution in [0.2, 0.25) is 0 Å². The summed E-state index contributed by atoms with van der Waals surface area (Å²) in [6, 6.07) is 8.72. The van der Waals surface area contributed by atoms with Gasteiger partial charge in [-0.15, -0.1) is 0 Å². The first kappa shape index (κ1) is 12.7. The number of fused-ring (bicyclic) bond motifs is 1. The number of ether oxygens (including phenoxy) is 1. The SMILES string of the molecule is CN1CCc2ccccc2C1.COC(C)=O. The summed E-state index contributed by atoms with van der Waals surface area (Å²) in [5, 5.41) is 0. The minimum absolute atomic E-state index is 0.245. The number of hydrogen-bond donors (Lipinski definition) is 0. The van der Waals surface area contributed by atoms with Crippen LogP contribution in [-0.2, 0) is 22.5 Å². The van der Waals surface area contributed by atoms with E-state index in [9.17, 15) is 4.79 Å². The fourth-order valence-electron chi connectivity index (χ4n) is 1.64. The van der Waals surface area contributed by atoms with Gasteiger partial charge in [0.2, 0.25) is 0 Å². The minimum atomic E-state index is -0.245. The van der Waals surface area contributed by atoms with Crippen LogP contribution in [0.1, 0.15) is 18.1 Å². The lowest BCUT2D eigenvalue weighted by Gasteiger charge is -2.24. The average Bonchev–Trinajstić information content (AvgIpc) is 2.29. The van der Waals surface area contributed by atoms with Gasteiger partial charge in [0.05, 0.1) is 7.11 Å². The highest BCUT2D eigenvalue weighted by Gasteiger charge is 2.10. The second kappa shape index (κ2) is 6.28. The van der Waals surface area contributed by atoms with Crippen LogP contribution >= 0.6 is 0 Å². The summed E-state index contributed by atoms with van der Waals surface area (Å²) < 4.78 is 4.11. The van der Waals surface area contributed by atoms with Crippen LogP contribution in [-0.4, -0.2) is 31.6 Å². The van der Waals surface area contributed by atoms with Gasteiger partial charge in [0.1, 0.15) is 0 Å². The van der Waals surface area contributed by atoms with E-state index >= 15 is 0 Å². The van der Waals surface area contributed by atoms with Crippen molar-refractivity contribution >= 4 is 5.97 Å². The van der Waals surface area contributed by atoms with Crippen LogP contribution in [0.4, 0.5) is 0 Å². The second-order valence-electron chi connectivity index (χ2n) is 3.95. The Kier molecular flexibility index (Phi) is 4.99. The Morgan fingerprint density at radius 1 is 1.31 bits per heavy atom. The van der Waals surface area contributed by atoms with Crippen molar-refractivity contribution < 1.29 is 9.53 Å². The summed E-state index contributed by atoms with van der Waals surface area (Å²) in [4.78, 5) is 12.0. The molecule has 0 saturated carbocycles. The molecule has 3 nitrogen and oxygen atoms in total. The van der Waals surface area contributed by atoms with Gasteiger partial charge in [-0.2, -0.15) is 0 Å². The van der Waals surface area contributed by atoms with E-state index < -0.39 is 0 Å². The van der Waals surface area contributed by atoms with Crippen LogP contribution in [0.3, 0.4) is 0 Å². The molecule has 1 heterocycles. The maximum Gasteiger partial charge on any atom is 0.302 e. The molecule has 0 N–H and O–H groups in total. The molecule has 0 fully saturated rings. The topological polar surface area (TPSA) is 29.5 Å². The van der Waals surface area contributed by atoms with Crippen molar-refractivity contribution in [3.8, 4) is 0 Å². The van der Waals surface area contributed by atoms with Gasteiger partial charge in [-0.05, 0) is 24.6 Å². The molecule has 2 rings (SSSR count). The summed E-state index contributed by atoms with van der Waals surface area (Å²) in [5.41, 5.74) is 3.03. The Hall–Kier alpha value is -1.35. The van der Waals surface area contributed by atoms with Gasteiger partial charge < -0.3 is 9.64 Å². The Morgan fingerprint density at radius 3 is 2.44 bits per heavy atom. The van der Waals surface area contributed by atoms with Crippen molar-refractivity contribution in [1.82, 2.24) is 4.90 Å². The average molecular weight is 221 g/mol. The van der Waals surface area contributed by atoms with Crippen LogP contribution in [0.15, 0.2) is 24.3 Å². The highest BCUT2D eigenvalue weighted by Crippen LogP contribution is 2.16. The number of benzene rings is 1. The Morgan fingerprint density at radius 2 is 1.88 bits per heavy atom. The zero-order chi connectivity index (χ0) is 12.0. The highest BCUT2D eigenvalue weighted by atomic mass is 16.5. The maximum atomic E-state index is 9.59. The van der Waals surface area contributed by atoms with Crippen LogP contribution in [0.5, 0.6) is 0 Å². The quantitative estimate of drug-likeness (QED) is 0.626. The second-order valence-corrected chi connectivity index (χ2v) is 3.95. The molecule has 88 valence electrons. The largest absolute Gasteiger partial charge is 0.469 e. The van der Waals surface area contributed by atoms with Crippen molar-refractivity contribution in [2.45, 2.75) is 19.9 Å². The van der Waals surface area contributed by atoms with E-state index in [1.807, 2.05) is 0 Å². The molecule has 0 radical (unpaired) electrons. The first-order chi connectivity index (χ1) is 7.63. The third kappa shape index (κ3) is 4.03. The lowest BCUT2D eigenvalue weighted by atomic mass is 10.0. The first-order valence-electron chi connectivity index (χ1n) is 5.43. The van der Waals surface area contributed by atoms with Gasteiger partial charge in [-0.1, -0.05) is 24.3 Å². The van der Waals surface area contributed by atoms with E-state index in [1.54, 1.807) is 0 Å². The predicted octanol–water partition coefficient (Wildman–Crippen LogP) is 1.85. The highest BCUT2D eigenvalue weighted by molar-refractivity contribution is 5.65. The Bertz CT molecular complexity index is 350. The fourth-order valence-corrected chi connectivity index (χ4v) is 1.64. The number of carbonyl (C=O) groups is 1. The van der Waals surface area contributed by atoms with Crippen LogP contribution in [0.25, 0.3) is 0 Å². The summed E-state index contributed by atoms with van der Waals surface area (Å²) in [5.74, 6) is -0.245. The summed E-state index contributed by atoms with van der Waals surface area (Å²) in [6.45, 7) is 3.69. The molecule has 1 aliphatic heterocycles. The van der Waals surface area contributed by atoms with Gasteiger partial charge >= 0.3 is 5.97 Å². The molecule has 0 bridgehead atoms. The summed E-state index contributed by atoms with van der Waals surface area (Å²) in [7, 11) is 3.53. The standard InChI is InChI=1S/C10H13N.C3H6O2/c1-11-7-6-9-4-2-3-5-10(9)8-11;1-3(4)5-2/h2-5H,6-8H2,1H3;1-2H3. The van der Waals surface area contributed by atoms with Crippen LogP contribution < -0.4 is 0 Å². The van der Waals surface area contributed by atoms with E-state index in [1.165, 1.54) is 38.1 Å². The van der Waals surface area contributed by atoms with Gasteiger partial charge in [0.15, 0.2) is 0 Å². The van der Waals surface area contributed by atoms with Crippen molar-refractivity contribution in [2.75, 3.05) is 20.7 Å². The predicted molar refractivity (Wildman–Crippen MR) is 64.2 cm³/mol. The van der Waals surface area contributed by atoms with E-state index in [2.05, 4.69) is 40.9 Å². The molecule has 0 saturated heterocycles. The van der Waals surface area contributed by atoms with Crippen molar-refractivity contribution in [1.29, 1.82) is 0 Å². The van der Waals surface area contributed by atoms with E-state index in [0.29, 0.717) is 0 Å². The number of methoxy groups -OCH3 is 1. The zero-order valence-corrected chi connectivity index (χ0v) is 10.2. The number of carbonyl (C=O) groups excluding carboxylic acids is 1. The molecule has 1 aliphatic rings. The van der Waals surface area contributed by atoms with Crippen molar-refractivity contribution in [3.63, 3.8) is 0 Å². The molecule has 0 spiro atoms. The third-order valence-corrected chi connectivity index (χ3v) is 2.61. The minimum Gasteiger partial charge on any atom is -0.469 e. The van der Waals surface area contributed by atoms with E-state index in [-0.39, 0.29) is 5.97 Å². The molecule has 16 heavy (non-hydrogen) atoms. The molecule has 1 aromatic carbocycles. The molecule has 0 aliphatic carbocycles. The van der Waals surface area contributed by atoms with Gasteiger partial charge in [-0.25, -0.2) is 0 Å². The number of esters is 1. The molecular formula is C13H19NO2. The normalized spacial score (nSPS) is 14.4. The smallest absolute Gasteiger partial charge is 0.302 e. The Labute approximate surface area is 97.0 Å². The summed E-state index contributed by atoms with van der Waals surface area (Å²) in [6.07, 6.45) is 1.21. The lowest BCUT2D eigenvalue weighted by Crippen LogP contribution is -2.26. The monoisotopic (exact) mass is 221 g/mol. The van der Waals surface area contributed by atoms with E-state index in [0.717, 1.165) is 6.54 Å². The number of rotatable bonds is 0. The van der Waals surface area contributed by atoms with Gasteiger partial charge in [-0.3, -0.25) is 4.79 Å². The van der Waals surface area contributed by atoms with Crippen molar-refractivity contribution in [3.05, 3.63) is 35.4 Å². The molecule has 0 unspecified atom stereocenters. The molecule has 3 heteroatoms. The third-order valence-electron chi connectivity index (χ3n) is 2.61. The molecule has 0 atom stereocenters. The zero-order valence-electron chi connectivity index (χ0n) is 10.2. The number of likely N-dealkylation sites (N-methyl/N-ethyl adjacent to an activating group) is 1. The number of hydrogen-bond acceptors (Lipinski definition) is 3. The molecular weight excluding hydrogens is 202 g/mol. The van der Waals surface area contributed by atoms with Crippen LogP contribution in [0, 0.1) is 0 Å². The van der Waals surface area contributed by atoms with Gasteiger partial charge in [0.25, 0.3) is 0 Å². The molecule has 0 aromatic heterocycles. The molecule has 0 amide bonds. The summed E-state index contributed by atoms with van der Waals surface area (Å²) >= 11 is 0. The number of nitrogens with zero attached hydrogens (tertiary/aromatic N) is 1. The van der Waals surface area contributed by atoms with Gasteiger partial charge in [0, 0.05) is 20.0 Å². The lowest BCUT2D eigenvalue weighted by molar-refractivity contribution is -0.137. The Balaban J connectivity index is 0.000000221.